The van der Waals surface area contributed by atoms with Crippen LogP contribution in [0.2, 0.25) is 0 Å². The molecule has 0 radical (unpaired) electrons. The highest BCUT2D eigenvalue weighted by Crippen LogP contribution is 2.40. The maximum absolute atomic E-state index is 6.31. The average molecular weight is 257 g/mol. The van der Waals surface area contributed by atoms with E-state index in [0.717, 1.165) is 17.9 Å². The minimum absolute atomic E-state index is 0.121. The van der Waals surface area contributed by atoms with E-state index in [1.807, 2.05) is 0 Å². The van der Waals surface area contributed by atoms with Crippen molar-refractivity contribution in [2.75, 3.05) is 0 Å². The lowest BCUT2D eigenvalue weighted by Crippen LogP contribution is -2.26. The van der Waals surface area contributed by atoms with Crippen LogP contribution >= 0.6 is 0 Å². The van der Waals surface area contributed by atoms with Crippen LogP contribution in [0, 0.1) is 5.92 Å². The van der Waals surface area contributed by atoms with Gasteiger partial charge >= 0.3 is 0 Å². The maximum Gasteiger partial charge on any atom is 0.0340 e. The third-order valence-electron chi connectivity index (χ3n) is 4.15. The van der Waals surface area contributed by atoms with Crippen molar-refractivity contribution in [2.24, 2.45) is 11.7 Å². The maximum atomic E-state index is 6.31. The molecule has 0 amide bonds. The van der Waals surface area contributed by atoms with Crippen LogP contribution in [0.3, 0.4) is 0 Å². The summed E-state index contributed by atoms with van der Waals surface area (Å²) in [6, 6.07) is 0.121. The van der Waals surface area contributed by atoms with Gasteiger partial charge in [-0.2, -0.15) is 0 Å². The Labute approximate surface area is 118 Å². The van der Waals surface area contributed by atoms with E-state index in [4.69, 9.17) is 5.73 Å². The first-order valence-corrected chi connectivity index (χ1v) is 7.56. The van der Waals surface area contributed by atoms with Gasteiger partial charge in [0.2, 0.25) is 0 Å². The molecule has 0 spiro atoms. The van der Waals surface area contributed by atoms with Gasteiger partial charge in [-0.05, 0) is 62.2 Å². The first-order chi connectivity index (χ1) is 9.02. The van der Waals surface area contributed by atoms with E-state index >= 15 is 0 Å². The zero-order valence-corrected chi connectivity index (χ0v) is 12.6. The van der Waals surface area contributed by atoms with Gasteiger partial charge in [-0.1, -0.05) is 43.2 Å². The van der Waals surface area contributed by atoms with Gasteiger partial charge < -0.3 is 5.73 Å². The van der Waals surface area contributed by atoms with Crippen LogP contribution in [-0.2, 0) is 0 Å². The standard InChI is InChI=1S/C18H27N/c1-5-6-16(15-7-8-15)11-14(4)18-13(3)9-12(2)10-17(18)19/h9,11,15,17H,4-8,10,19H2,1-3H3/b16-11+. The molecular formula is C18H27N. The molecule has 2 rings (SSSR count). The predicted molar refractivity (Wildman–Crippen MR) is 83.9 cm³/mol. The van der Waals surface area contributed by atoms with E-state index in [9.17, 15) is 0 Å². The van der Waals surface area contributed by atoms with Gasteiger partial charge in [0.15, 0.2) is 0 Å². The molecular weight excluding hydrogens is 230 g/mol. The lowest BCUT2D eigenvalue weighted by atomic mass is 9.85. The van der Waals surface area contributed by atoms with E-state index < -0.39 is 0 Å². The Kier molecular flexibility index (Phi) is 4.46. The van der Waals surface area contributed by atoms with Crippen molar-refractivity contribution >= 4 is 0 Å². The van der Waals surface area contributed by atoms with Crippen LogP contribution in [0.15, 0.2) is 46.6 Å². The molecule has 2 N–H and O–H groups in total. The molecule has 19 heavy (non-hydrogen) atoms. The fourth-order valence-corrected chi connectivity index (χ4v) is 3.18. The summed E-state index contributed by atoms with van der Waals surface area (Å²) in [5.74, 6) is 0.828. The van der Waals surface area contributed by atoms with Gasteiger partial charge in [0, 0.05) is 6.04 Å². The van der Waals surface area contributed by atoms with Crippen molar-refractivity contribution in [3.8, 4) is 0 Å². The number of rotatable bonds is 5. The van der Waals surface area contributed by atoms with Gasteiger partial charge in [0.25, 0.3) is 0 Å². The van der Waals surface area contributed by atoms with Crippen molar-refractivity contribution in [3.63, 3.8) is 0 Å². The molecule has 0 aromatic rings. The molecule has 0 aromatic heterocycles. The van der Waals surface area contributed by atoms with Crippen molar-refractivity contribution < 1.29 is 0 Å². The molecule has 0 heterocycles. The fraction of sp³-hybridized carbons (Fsp3) is 0.556. The molecule has 1 atom stereocenters. The fourth-order valence-electron chi connectivity index (χ4n) is 3.18. The zero-order valence-electron chi connectivity index (χ0n) is 12.6. The summed E-state index contributed by atoms with van der Waals surface area (Å²) >= 11 is 0. The molecule has 0 aliphatic heterocycles. The molecule has 0 aromatic carbocycles. The molecule has 2 aliphatic rings. The summed E-state index contributed by atoms with van der Waals surface area (Å²) in [6.07, 6.45) is 10.7. The van der Waals surface area contributed by atoms with E-state index in [1.54, 1.807) is 5.57 Å². The van der Waals surface area contributed by atoms with Gasteiger partial charge in [0.05, 0.1) is 0 Å². The average Bonchev–Trinajstić information content (AvgIpc) is 3.10. The Morgan fingerprint density at radius 3 is 2.63 bits per heavy atom. The lowest BCUT2D eigenvalue weighted by molar-refractivity contribution is 0.743. The Bertz CT molecular complexity index is 458. The monoisotopic (exact) mass is 257 g/mol. The third-order valence-corrected chi connectivity index (χ3v) is 4.15. The molecule has 1 heteroatoms. The van der Waals surface area contributed by atoms with E-state index in [2.05, 4.69) is 39.5 Å². The summed E-state index contributed by atoms with van der Waals surface area (Å²) in [5.41, 5.74) is 13.0. The van der Waals surface area contributed by atoms with Crippen LogP contribution in [-0.4, -0.2) is 6.04 Å². The topological polar surface area (TPSA) is 26.0 Å². The third kappa shape index (κ3) is 3.48. The van der Waals surface area contributed by atoms with Crippen LogP contribution < -0.4 is 5.73 Å². The highest BCUT2D eigenvalue weighted by Gasteiger charge is 2.26. The first-order valence-electron chi connectivity index (χ1n) is 7.56. The van der Waals surface area contributed by atoms with Crippen molar-refractivity contribution in [2.45, 2.75) is 58.9 Å². The van der Waals surface area contributed by atoms with E-state index in [-0.39, 0.29) is 6.04 Å². The van der Waals surface area contributed by atoms with Crippen LogP contribution in [0.1, 0.15) is 52.9 Å². The molecule has 1 nitrogen and oxygen atoms in total. The summed E-state index contributed by atoms with van der Waals surface area (Å²) in [6.45, 7) is 10.9. The normalized spacial score (nSPS) is 24.5. The van der Waals surface area contributed by atoms with E-state index in [1.165, 1.54) is 42.4 Å². The molecule has 0 saturated heterocycles. The molecule has 1 fully saturated rings. The molecule has 104 valence electrons. The second-order valence-electron chi connectivity index (χ2n) is 6.17. The van der Waals surface area contributed by atoms with Gasteiger partial charge in [-0.3, -0.25) is 0 Å². The van der Waals surface area contributed by atoms with Crippen LogP contribution in [0.4, 0.5) is 0 Å². The Hall–Kier alpha value is -1.08. The minimum atomic E-state index is 0.121. The Morgan fingerprint density at radius 2 is 2.11 bits per heavy atom. The molecule has 2 aliphatic carbocycles. The van der Waals surface area contributed by atoms with E-state index in [0.29, 0.717) is 0 Å². The van der Waals surface area contributed by atoms with Crippen molar-refractivity contribution in [1.29, 1.82) is 0 Å². The number of hydrogen-bond acceptors (Lipinski definition) is 1. The van der Waals surface area contributed by atoms with Gasteiger partial charge in [0.1, 0.15) is 0 Å². The second-order valence-corrected chi connectivity index (χ2v) is 6.17. The summed E-state index contributed by atoms with van der Waals surface area (Å²) in [4.78, 5) is 0. The summed E-state index contributed by atoms with van der Waals surface area (Å²) in [5, 5.41) is 0. The lowest BCUT2D eigenvalue weighted by Gasteiger charge is -2.24. The number of hydrogen-bond donors (Lipinski definition) is 1. The van der Waals surface area contributed by atoms with Crippen molar-refractivity contribution in [3.05, 3.63) is 46.6 Å². The molecule has 1 saturated carbocycles. The van der Waals surface area contributed by atoms with Crippen molar-refractivity contribution in [1.82, 2.24) is 0 Å². The first kappa shape index (κ1) is 14.3. The smallest absolute Gasteiger partial charge is 0.0340 e. The summed E-state index contributed by atoms with van der Waals surface area (Å²) in [7, 11) is 0. The Morgan fingerprint density at radius 1 is 1.42 bits per heavy atom. The highest BCUT2D eigenvalue weighted by molar-refractivity contribution is 5.51. The summed E-state index contributed by atoms with van der Waals surface area (Å²) < 4.78 is 0. The van der Waals surface area contributed by atoms with Gasteiger partial charge in [-0.25, -0.2) is 0 Å². The van der Waals surface area contributed by atoms with Gasteiger partial charge in [-0.15, -0.1) is 0 Å². The van der Waals surface area contributed by atoms with Crippen LogP contribution in [0.25, 0.3) is 0 Å². The second kappa shape index (κ2) is 5.92. The quantitative estimate of drug-likeness (QED) is 0.711. The highest BCUT2D eigenvalue weighted by atomic mass is 14.6. The Balaban J connectivity index is 2.23. The number of allylic oxidation sites excluding steroid dienone is 4. The SMILES string of the molecule is C=C(/C=C(\CCC)C1CC1)C1=C(C)C=C(C)CC1N. The zero-order chi connectivity index (χ0) is 14.0. The number of nitrogens with two attached hydrogens (primary N) is 1. The molecule has 0 bridgehead atoms. The largest absolute Gasteiger partial charge is 0.324 e. The van der Waals surface area contributed by atoms with Crippen LogP contribution in [0.5, 0.6) is 0 Å². The predicted octanol–water partition coefficient (Wildman–Crippen LogP) is 4.67. The molecule has 1 unspecified atom stereocenters. The minimum Gasteiger partial charge on any atom is -0.324 e.